The Labute approximate surface area is 183 Å². The van der Waals surface area contributed by atoms with Gasteiger partial charge >= 0.3 is 0 Å². The Balaban J connectivity index is 1.52. The van der Waals surface area contributed by atoms with Crippen molar-refractivity contribution in [2.24, 2.45) is 5.14 Å². The summed E-state index contributed by atoms with van der Waals surface area (Å²) in [6.45, 7) is 0. The maximum atomic E-state index is 12.5. The Morgan fingerprint density at radius 2 is 1.45 bits per heavy atom. The molecule has 31 heavy (non-hydrogen) atoms. The predicted molar refractivity (Wildman–Crippen MR) is 118 cm³/mol. The van der Waals surface area contributed by atoms with E-state index in [0.717, 1.165) is 37.7 Å². The number of nitrogens with two attached hydrogens (primary N) is 1. The second-order valence-corrected chi connectivity index (χ2v) is 11.0. The first kappa shape index (κ1) is 23.4. The molecule has 0 heterocycles. The van der Waals surface area contributed by atoms with Crippen molar-refractivity contribution < 1.29 is 21.6 Å². The number of hydrogen-bond donors (Lipinski definition) is 3. The maximum absolute atomic E-state index is 12.5. The molecular weight excluding hydrogens is 438 g/mol. The molecule has 8 nitrogen and oxygen atoms in total. The highest BCUT2D eigenvalue weighted by molar-refractivity contribution is 7.89. The normalized spacial score (nSPS) is 15.5. The summed E-state index contributed by atoms with van der Waals surface area (Å²) in [6, 6.07) is 12.1. The molecule has 1 saturated carbocycles. The standard InChI is InChI=1S/C21H27N3O5S2/c22-30(26,27)19-13-9-17(10-14-19)23-21(25)15-8-16-6-11-20(12-7-16)31(28,29)24-18-4-2-1-3-5-18/h6-7,9-14,18,24H,1-5,8,15H2,(H,23,25)(H2,22,26,27). The molecular formula is C21H27N3O5S2. The highest BCUT2D eigenvalue weighted by atomic mass is 32.2. The first-order valence-corrected chi connectivity index (χ1v) is 13.2. The van der Waals surface area contributed by atoms with Crippen LogP contribution in [0.1, 0.15) is 44.1 Å². The molecule has 0 radical (unpaired) electrons. The van der Waals surface area contributed by atoms with Crippen LogP contribution in [0, 0.1) is 0 Å². The van der Waals surface area contributed by atoms with Crippen molar-refractivity contribution in [1.82, 2.24) is 4.72 Å². The van der Waals surface area contributed by atoms with Gasteiger partial charge in [0.1, 0.15) is 0 Å². The zero-order valence-corrected chi connectivity index (χ0v) is 18.7. The molecule has 1 aliphatic rings. The monoisotopic (exact) mass is 465 g/mol. The van der Waals surface area contributed by atoms with Gasteiger partial charge in [0.25, 0.3) is 0 Å². The number of rotatable bonds is 8. The van der Waals surface area contributed by atoms with Crippen LogP contribution in [0.3, 0.4) is 0 Å². The van der Waals surface area contributed by atoms with Crippen LogP contribution in [-0.2, 0) is 31.3 Å². The van der Waals surface area contributed by atoms with Crippen molar-refractivity contribution in [3.63, 3.8) is 0 Å². The fraction of sp³-hybridized carbons (Fsp3) is 0.381. The van der Waals surface area contributed by atoms with Crippen molar-refractivity contribution >= 4 is 31.6 Å². The van der Waals surface area contributed by atoms with E-state index in [1.807, 2.05) is 0 Å². The first-order chi connectivity index (χ1) is 14.6. The Morgan fingerprint density at radius 3 is 2.03 bits per heavy atom. The number of hydrogen-bond acceptors (Lipinski definition) is 5. The lowest BCUT2D eigenvalue weighted by Crippen LogP contribution is -2.36. The number of benzene rings is 2. The van der Waals surface area contributed by atoms with Crippen molar-refractivity contribution in [2.75, 3.05) is 5.32 Å². The van der Waals surface area contributed by atoms with E-state index in [4.69, 9.17) is 5.14 Å². The van der Waals surface area contributed by atoms with Gasteiger partial charge in [-0.2, -0.15) is 0 Å². The number of carbonyl (C=O) groups excluding carboxylic acids is 1. The molecule has 0 bridgehead atoms. The van der Waals surface area contributed by atoms with Gasteiger partial charge in [-0.25, -0.2) is 26.7 Å². The van der Waals surface area contributed by atoms with Crippen molar-refractivity contribution in [2.45, 2.75) is 60.8 Å². The van der Waals surface area contributed by atoms with Crippen LogP contribution < -0.4 is 15.2 Å². The minimum absolute atomic E-state index is 0.00106. The molecule has 1 amide bonds. The SMILES string of the molecule is NS(=O)(=O)c1ccc(NC(=O)CCc2ccc(S(=O)(=O)NC3CCCCC3)cc2)cc1. The molecule has 168 valence electrons. The molecule has 0 atom stereocenters. The molecule has 3 rings (SSSR count). The summed E-state index contributed by atoms with van der Waals surface area (Å²) >= 11 is 0. The second-order valence-electron chi connectivity index (χ2n) is 7.72. The average molecular weight is 466 g/mol. The van der Waals surface area contributed by atoms with Crippen LogP contribution >= 0.6 is 0 Å². The first-order valence-electron chi connectivity index (χ1n) is 10.2. The van der Waals surface area contributed by atoms with E-state index >= 15 is 0 Å². The third-order valence-corrected chi connectivity index (χ3v) is 7.73. The number of nitrogens with one attached hydrogen (secondary N) is 2. The van der Waals surface area contributed by atoms with Crippen LogP contribution in [0.4, 0.5) is 5.69 Å². The lowest BCUT2D eigenvalue weighted by atomic mass is 9.96. The van der Waals surface area contributed by atoms with E-state index in [9.17, 15) is 21.6 Å². The molecule has 0 aromatic heterocycles. The number of anilines is 1. The number of primary sulfonamides is 1. The Morgan fingerprint density at radius 1 is 0.871 bits per heavy atom. The van der Waals surface area contributed by atoms with Gasteiger partial charge in [-0.3, -0.25) is 4.79 Å². The van der Waals surface area contributed by atoms with Gasteiger partial charge in [-0.05, 0) is 61.2 Å². The van der Waals surface area contributed by atoms with Crippen LogP contribution in [0.5, 0.6) is 0 Å². The number of sulfonamides is 2. The van der Waals surface area contributed by atoms with Gasteiger partial charge in [0, 0.05) is 18.2 Å². The van der Waals surface area contributed by atoms with Crippen LogP contribution in [0.15, 0.2) is 58.3 Å². The zero-order chi connectivity index (χ0) is 22.5. The lowest BCUT2D eigenvalue weighted by molar-refractivity contribution is -0.116. The third kappa shape index (κ3) is 6.86. The molecule has 0 unspecified atom stereocenters. The van der Waals surface area contributed by atoms with Gasteiger partial charge in [-0.15, -0.1) is 0 Å². The summed E-state index contributed by atoms with van der Waals surface area (Å²) < 4.78 is 50.4. The van der Waals surface area contributed by atoms with Gasteiger partial charge in [0.05, 0.1) is 9.79 Å². The van der Waals surface area contributed by atoms with E-state index in [1.165, 1.54) is 24.3 Å². The lowest BCUT2D eigenvalue weighted by Gasteiger charge is -2.22. The van der Waals surface area contributed by atoms with Crippen LogP contribution in [-0.4, -0.2) is 28.8 Å². The topological polar surface area (TPSA) is 135 Å². The maximum Gasteiger partial charge on any atom is 0.240 e. The van der Waals surface area contributed by atoms with Gasteiger partial charge in [0.2, 0.25) is 26.0 Å². The van der Waals surface area contributed by atoms with Crippen molar-refractivity contribution in [1.29, 1.82) is 0 Å². The number of aryl methyl sites for hydroxylation is 1. The minimum Gasteiger partial charge on any atom is -0.326 e. The second kappa shape index (κ2) is 9.90. The molecule has 0 aliphatic heterocycles. The molecule has 0 saturated heterocycles. The number of amides is 1. The van der Waals surface area contributed by atoms with Crippen LogP contribution in [0.25, 0.3) is 0 Å². The summed E-state index contributed by atoms with van der Waals surface area (Å²) in [5.74, 6) is -0.237. The smallest absolute Gasteiger partial charge is 0.240 e. The average Bonchev–Trinajstić information content (AvgIpc) is 2.73. The molecule has 4 N–H and O–H groups in total. The molecule has 2 aromatic carbocycles. The summed E-state index contributed by atoms with van der Waals surface area (Å²) in [5, 5.41) is 7.74. The predicted octanol–water partition coefficient (Wildman–Crippen LogP) is 2.52. The van der Waals surface area contributed by atoms with Gasteiger partial charge in [-0.1, -0.05) is 31.4 Å². The molecule has 10 heteroatoms. The summed E-state index contributed by atoms with van der Waals surface area (Å²) in [5.41, 5.74) is 1.31. The summed E-state index contributed by atoms with van der Waals surface area (Å²) in [6.07, 6.45) is 5.63. The van der Waals surface area contributed by atoms with Crippen molar-refractivity contribution in [3.8, 4) is 0 Å². The van der Waals surface area contributed by atoms with E-state index in [-0.39, 0.29) is 28.2 Å². The molecule has 1 fully saturated rings. The Bertz CT molecular complexity index is 1110. The molecule has 2 aromatic rings. The largest absolute Gasteiger partial charge is 0.326 e. The highest BCUT2D eigenvalue weighted by Gasteiger charge is 2.21. The van der Waals surface area contributed by atoms with Gasteiger partial charge in [0.15, 0.2) is 0 Å². The fourth-order valence-corrected chi connectivity index (χ4v) is 5.37. The number of carbonyl (C=O) groups is 1. The van der Waals surface area contributed by atoms with Gasteiger partial charge < -0.3 is 5.32 Å². The third-order valence-electron chi connectivity index (χ3n) is 5.27. The van der Waals surface area contributed by atoms with E-state index in [0.29, 0.717) is 12.1 Å². The van der Waals surface area contributed by atoms with E-state index in [2.05, 4.69) is 10.0 Å². The zero-order valence-electron chi connectivity index (χ0n) is 17.1. The van der Waals surface area contributed by atoms with E-state index in [1.54, 1.807) is 24.3 Å². The summed E-state index contributed by atoms with van der Waals surface area (Å²) in [7, 11) is -7.32. The molecule has 1 aliphatic carbocycles. The Hall–Kier alpha value is -2.27. The van der Waals surface area contributed by atoms with E-state index < -0.39 is 20.0 Å². The van der Waals surface area contributed by atoms with Crippen LogP contribution in [0.2, 0.25) is 0 Å². The highest BCUT2D eigenvalue weighted by Crippen LogP contribution is 2.20. The summed E-state index contributed by atoms with van der Waals surface area (Å²) in [4.78, 5) is 12.3. The van der Waals surface area contributed by atoms with Crippen molar-refractivity contribution in [3.05, 3.63) is 54.1 Å². The minimum atomic E-state index is -3.78. The quantitative estimate of drug-likeness (QED) is 0.550. The molecule has 0 spiro atoms. The Kier molecular flexibility index (Phi) is 7.47. The fourth-order valence-electron chi connectivity index (χ4n) is 3.55.